The second-order valence-corrected chi connectivity index (χ2v) is 14.3. The molecule has 3 aliphatic heterocycles. The van der Waals surface area contributed by atoms with Crippen LogP contribution in [0.15, 0.2) is 4.99 Å². The Bertz CT molecular complexity index is 1460. The third-order valence-corrected chi connectivity index (χ3v) is 9.89. The highest BCUT2D eigenvalue weighted by Gasteiger charge is 2.42. The van der Waals surface area contributed by atoms with E-state index in [-0.39, 0.29) is 45.0 Å². The van der Waals surface area contributed by atoms with Gasteiger partial charge in [0.1, 0.15) is 36.3 Å². The van der Waals surface area contributed by atoms with Gasteiger partial charge in [-0.05, 0) is 84.1 Å². The highest BCUT2D eigenvalue weighted by Crippen LogP contribution is 2.23. The first kappa shape index (κ1) is 48.1. The van der Waals surface area contributed by atoms with Crippen molar-refractivity contribution < 1.29 is 53.7 Å². The molecule has 322 valence electrons. The monoisotopic (exact) mass is 811 g/mol. The summed E-state index contributed by atoms with van der Waals surface area (Å²) in [6.45, 7) is 3.26. The maximum Gasteiger partial charge on any atom is 0.326 e. The van der Waals surface area contributed by atoms with E-state index in [4.69, 9.17) is 32.8 Å². The van der Waals surface area contributed by atoms with Gasteiger partial charge in [-0.3, -0.25) is 38.6 Å². The number of carbonyl (C=O) groups excluding carboxylic acids is 6. The number of carboxylic acid groups (broad SMARTS) is 2. The van der Waals surface area contributed by atoms with Crippen LogP contribution >= 0.6 is 0 Å². The molecular formula is C35H61N11O11. The summed E-state index contributed by atoms with van der Waals surface area (Å²) in [7, 11) is 0. The number of guanidine groups is 1. The Morgan fingerprint density at radius 2 is 1.25 bits per heavy atom. The van der Waals surface area contributed by atoms with Crippen molar-refractivity contribution in [1.82, 2.24) is 30.7 Å². The van der Waals surface area contributed by atoms with Crippen LogP contribution < -0.4 is 38.9 Å². The fourth-order valence-corrected chi connectivity index (χ4v) is 6.98. The molecule has 57 heavy (non-hydrogen) atoms. The van der Waals surface area contributed by atoms with E-state index in [1.165, 1.54) is 21.6 Å². The number of amides is 6. The summed E-state index contributed by atoms with van der Waals surface area (Å²) in [5.41, 5.74) is 22.3. The molecule has 6 amide bonds. The largest absolute Gasteiger partial charge is 0.481 e. The van der Waals surface area contributed by atoms with Crippen LogP contribution in [0.4, 0.5) is 0 Å². The molecule has 0 unspecified atom stereocenters. The zero-order chi connectivity index (χ0) is 42.8. The average Bonchev–Trinajstić information content (AvgIpc) is 3.95. The van der Waals surface area contributed by atoms with Crippen LogP contribution in [0.3, 0.4) is 0 Å². The highest BCUT2D eigenvalue weighted by atomic mass is 16.4. The third-order valence-electron chi connectivity index (χ3n) is 9.89. The molecule has 3 fully saturated rings. The van der Waals surface area contributed by atoms with Crippen LogP contribution in [-0.4, -0.2) is 165 Å². The Balaban J connectivity index is 0.00000267. The van der Waals surface area contributed by atoms with Crippen molar-refractivity contribution in [2.75, 3.05) is 39.3 Å². The molecule has 22 heteroatoms. The molecule has 7 atom stereocenters. The molecular weight excluding hydrogens is 750 g/mol. The van der Waals surface area contributed by atoms with Gasteiger partial charge >= 0.3 is 5.97 Å². The second-order valence-electron chi connectivity index (χ2n) is 14.3. The van der Waals surface area contributed by atoms with E-state index in [0.29, 0.717) is 64.3 Å². The molecule has 0 bridgehead atoms. The summed E-state index contributed by atoms with van der Waals surface area (Å²) >= 11 is 0. The lowest BCUT2D eigenvalue weighted by Crippen LogP contribution is -2.59. The molecule has 14 N–H and O–H groups in total. The van der Waals surface area contributed by atoms with Crippen LogP contribution in [0.5, 0.6) is 0 Å². The molecule has 0 aromatic rings. The van der Waals surface area contributed by atoms with E-state index in [1.807, 2.05) is 0 Å². The van der Waals surface area contributed by atoms with Crippen LogP contribution in [-0.2, 0) is 38.4 Å². The number of aliphatic carboxylic acids is 2. The van der Waals surface area contributed by atoms with Gasteiger partial charge in [-0.2, -0.15) is 0 Å². The van der Waals surface area contributed by atoms with Crippen LogP contribution in [0.25, 0.3) is 0 Å². The lowest BCUT2D eigenvalue weighted by Gasteiger charge is -2.32. The van der Waals surface area contributed by atoms with E-state index in [0.717, 1.165) is 6.92 Å². The Morgan fingerprint density at radius 3 is 1.75 bits per heavy atom. The number of carboxylic acids is 2. The molecule has 3 heterocycles. The number of likely N-dealkylation sites (tertiary alicyclic amines) is 3. The summed E-state index contributed by atoms with van der Waals surface area (Å²) in [5.74, 6) is -5.55. The number of aliphatic hydroxyl groups excluding tert-OH is 1. The SMILES string of the molecule is CC(=O)O.C[C@@H](O)[C@H](N)C(=O)N[C@@H](CCCCN)C(=O)N1CCC[C@H]1C(=O)N[C@@H](CCCN=C(N)N)C(=O)N1CCC[C@H]1C(=O)NCC(=O)N1CCC[C@H]1C(=O)O. The normalized spacial score (nSPS) is 20.9. The first-order chi connectivity index (χ1) is 26.9. The zero-order valence-corrected chi connectivity index (χ0v) is 32.8. The summed E-state index contributed by atoms with van der Waals surface area (Å²) in [5, 5.41) is 34.6. The smallest absolute Gasteiger partial charge is 0.326 e. The number of hydrogen-bond acceptors (Lipinski definition) is 12. The highest BCUT2D eigenvalue weighted by molar-refractivity contribution is 5.97. The summed E-state index contributed by atoms with van der Waals surface area (Å²) in [4.78, 5) is 109. The summed E-state index contributed by atoms with van der Waals surface area (Å²) in [6.07, 6.45) is 3.00. The Hall–Kier alpha value is -5.09. The standard InChI is InChI=1S/C33H57N11O9.C2H4O2/c1-19(45)26(35)29(49)41-20(8-2-3-13-34)30(50)44-17-6-11-23(44)28(48)40-21(9-4-14-38-33(36)37)31(51)43-16-5-10-22(43)27(47)39-18-25(46)42-15-7-12-24(42)32(52)53;1-2(3)4/h19-24,26,45H,2-18,34-35H2,1H3,(H,39,47)(H,40,48)(H,41,49)(H,52,53)(H4,36,37,38);1H3,(H,3,4)/t19-,20+,21+,22+,23+,24+,26+;/m1./s1. The number of unbranched alkanes of at least 4 members (excludes halogenated alkanes) is 1. The molecule has 0 saturated carbocycles. The zero-order valence-electron chi connectivity index (χ0n) is 32.8. The Kier molecular flexibility index (Phi) is 20.1. The summed E-state index contributed by atoms with van der Waals surface area (Å²) < 4.78 is 0. The van der Waals surface area contributed by atoms with Gasteiger partial charge in [0.2, 0.25) is 35.4 Å². The number of carbonyl (C=O) groups is 8. The van der Waals surface area contributed by atoms with Gasteiger partial charge in [0, 0.05) is 33.1 Å². The maximum absolute atomic E-state index is 14.0. The van der Waals surface area contributed by atoms with Crippen molar-refractivity contribution in [1.29, 1.82) is 0 Å². The number of hydrogen-bond donors (Lipinski definition) is 10. The third kappa shape index (κ3) is 15.1. The van der Waals surface area contributed by atoms with Crippen molar-refractivity contribution in [3.63, 3.8) is 0 Å². The van der Waals surface area contributed by atoms with Gasteiger partial charge in [-0.1, -0.05) is 0 Å². The molecule has 3 rings (SSSR count). The fourth-order valence-electron chi connectivity index (χ4n) is 6.98. The number of aliphatic imine (C=N–C) groups is 1. The van der Waals surface area contributed by atoms with E-state index in [2.05, 4.69) is 20.9 Å². The minimum absolute atomic E-state index is 0.103. The van der Waals surface area contributed by atoms with E-state index >= 15 is 0 Å². The van der Waals surface area contributed by atoms with Crippen LogP contribution in [0.2, 0.25) is 0 Å². The van der Waals surface area contributed by atoms with Crippen molar-refractivity contribution in [3.8, 4) is 0 Å². The Morgan fingerprint density at radius 1 is 0.754 bits per heavy atom. The second kappa shape index (κ2) is 23.9. The van der Waals surface area contributed by atoms with E-state index in [9.17, 15) is 43.8 Å². The topological polar surface area (TPSA) is 360 Å². The van der Waals surface area contributed by atoms with Gasteiger partial charge in [0.25, 0.3) is 5.97 Å². The van der Waals surface area contributed by atoms with Gasteiger partial charge < -0.3 is 68.9 Å². The number of nitrogens with zero attached hydrogens (tertiary/aromatic N) is 4. The molecule has 3 saturated heterocycles. The maximum atomic E-state index is 14.0. The number of nitrogens with one attached hydrogen (secondary N) is 3. The lowest BCUT2D eigenvalue weighted by molar-refractivity contribution is -0.148. The Labute approximate surface area is 331 Å². The van der Waals surface area contributed by atoms with Crippen molar-refractivity contribution in [2.24, 2.45) is 27.9 Å². The first-order valence-electron chi connectivity index (χ1n) is 19.3. The van der Waals surface area contributed by atoms with Gasteiger partial charge in [-0.25, -0.2) is 4.79 Å². The van der Waals surface area contributed by atoms with Gasteiger partial charge in [-0.15, -0.1) is 0 Å². The van der Waals surface area contributed by atoms with E-state index in [1.54, 1.807) is 0 Å². The van der Waals surface area contributed by atoms with Crippen molar-refractivity contribution in [3.05, 3.63) is 0 Å². The minimum atomic E-state index is -1.27. The molecule has 0 aromatic carbocycles. The van der Waals surface area contributed by atoms with Crippen LogP contribution in [0, 0.1) is 0 Å². The molecule has 0 spiro atoms. The number of rotatable bonds is 19. The predicted molar refractivity (Wildman–Crippen MR) is 204 cm³/mol. The van der Waals surface area contributed by atoms with Gasteiger partial charge in [0.15, 0.2) is 5.96 Å². The molecule has 3 aliphatic rings. The molecule has 22 nitrogen and oxygen atoms in total. The number of nitrogens with two attached hydrogens (primary N) is 4. The summed E-state index contributed by atoms with van der Waals surface area (Å²) in [6, 6.07) is -6.26. The molecule has 0 aliphatic carbocycles. The minimum Gasteiger partial charge on any atom is -0.481 e. The predicted octanol–water partition coefficient (Wildman–Crippen LogP) is -3.89. The van der Waals surface area contributed by atoms with E-state index < -0.39 is 96.3 Å². The molecule has 0 radical (unpaired) electrons. The lowest BCUT2D eigenvalue weighted by atomic mass is 10.0. The molecule has 0 aromatic heterocycles. The first-order valence-corrected chi connectivity index (χ1v) is 19.3. The average molecular weight is 812 g/mol. The van der Waals surface area contributed by atoms with Crippen molar-refractivity contribution >= 4 is 53.3 Å². The number of aliphatic hydroxyl groups is 1. The van der Waals surface area contributed by atoms with Gasteiger partial charge in [0.05, 0.1) is 12.6 Å². The fraction of sp³-hybridized carbons (Fsp3) is 0.743. The van der Waals surface area contributed by atoms with Crippen molar-refractivity contribution in [2.45, 2.75) is 127 Å². The van der Waals surface area contributed by atoms with Crippen LogP contribution in [0.1, 0.15) is 84.5 Å². The quantitative estimate of drug-likeness (QED) is 0.0339.